The van der Waals surface area contributed by atoms with Crippen molar-refractivity contribution in [3.8, 4) is 17.2 Å². The Morgan fingerprint density at radius 3 is 2.76 bits per heavy atom. The van der Waals surface area contributed by atoms with E-state index in [0.717, 1.165) is 5.75 Å². The van der Waals surface area contributed by atoms with Crippen molar-refractivity contribution in [3.63, 3.8) is 0 Å². The van der Waals surface area contributed by atoms with Crippen LogP contribution in [0, 0.1) is 10.1 Å². The van der Waals surface area contributed by atoms with Crippen LogP contribution in [0.15, 0.2) is 42.5 Å². The van der Waals surface area contributed by atoms with Crippen LogP contribution >= 0.6 is 0 Å². The van der Waals surface area contributed by atoms with Crippen molar-refractivity contribution in [2.45, 2.75) is 6.61 Å². The molecule has 9 heteroatoms. The third-order valence-corrected chi connectivity index (χ3v) is 4.08. The highest BCUT2D eigenvalue weighted by Crippen LogP contribution is 2.33. The molecule has 1 amide bonds. The largest absolute Gasteiger partial charge is 0.497 e. The van der Waals surface area contributed by atoms with E-state index in [0.29, 0.717) is 35.8 Å². The highest BCUT2D eigenvalue weighted by atomic mass is 16.7. The first-order valence-corrected chi connectivity index (χ1v) is 8.81. The van der Waals surface area contributed by atoms with Crippen LogP contribution in [0.25, 0.3) is 6.08 Å². The lowest BCUT2D eigenvalue weighted by Gasteiger charge is -2.19. The molecular weight excluding hydrogens is 380 g/mol. The lowest BCUT2D eigenvalue weighted by molar-refractivity contribution is -0.385. The summed E-state index contributed by atoms with van der Waals surface area (Å²) in [5.74, 6) is 1.53. The van der Waals surface area contributed by atoms with Crippen LogP contribution in [0.2, 0.25) is 0 Å². The molecule has 1 aliphatic rings. The summed E-state index contributed by atoms with van der Waals surface area (Å²) in [5.41, 5.74) is 0.923. The van der Waals surface area contributed by atoms with E-state index >= 15 is 0 Å². The molecule has 2 aromatic rings. The van der Waals surface area contributed by atoms with E-state index in [-0.39, 0.29) is 25.0 Å². The lowest BCUT2D eigenvalue weighted by atomic mass is 10.1. The summed E-state index contributed by atoms with van der Waals surface area (Å²) in [6.07, 6.45) is 2.78. The lowest BCUT2D eigenvalue weighted by Crippen LogP contribution is -2.26. The summed E-state index contributed by atoms with van der Waals surface area (Å²) in [6, 6.07) is 9.88. The van der Waals surface area contributed by atoms with E-state index in [1.807, 2.05) is 0 Å². The van der Waals surface area contributed by atoms with Crippen LogP contribution in [-0.2, 0) is 16.1 Å². The SMILES string of the molecule is COc1ccc(OCCNC(=O)/C=C/c2cc([N+](=O)[O-])cc3c2OCOC3)cc1. The van der Waals surface area contributed by atoms with Gasteiger partial charge in [0.1, 0.15) is 23.9 Å². The fourth-order valence-corrected chi connectivity index (χ4v) is 2.70. The third kappa shape index (κ3) is 5.45. The first kappa shape index (κ1) is 20.2. The van der Waals surface area contributed by atoms with Gasteiger partial charge in [0, 0.05) is 29.3 Å². The second kappa shape index (κ2) is 9.56. The molecule has 1 N–H and O–H groups in total. The smallest absolute Gasteiger partial charge is 0.270 e. The number of hydrogen-bond acceptors (Lipinski definition) is 7. The van der Waals surface area contributed by atoms with Crippen LogP contribution in [0.5, 0.6) is 17.2 Å². The number of benzene rings is 2. The minimum atomic E-state index is -0.497. The van der Waals surface area contributed by atoms with Crippen molar-refractivity contribution in [1.29, 1.82) is 0 Å². The number of carbonyl (C=O) groups excluding carboxylic acids is 1. The van der Waals surface area contributed by atoms with Crippen LogP contribution < -0.4 is 19.5 Å². The maximum atomic E-state index is 12.0. The monoisotopic (exact) mass is 400 g/mol. The number of nitrogens with zero attached hydrogens (tertiary/aromatic N) is 1. The minimum Gasteiger partial charge on any atom is -0.497 e. The molecule has 0 bridgehead atoms. The summed E-state index contributed by atoms with van der Waals surface area (Å²) in [7, 11) is 1.59. The number of amides is 1. The van der Waals surface area contributed by atoms with Crippen molar-refractivity contribution in [2.75, 3.05) is 27.1 Å². The zero-order chi connectivity index (χ0) is 20.6. The number of nitro groups is 1. The zero-order valence-electron chi connectivity index (χ0n) is 15.8. The van der Waals surface area contributed by atoms with Crippen LogP contribution in [0.4, 0.5) is 5.69 Å². The molecule has 0 saturated heterocycles. The predicted octanol–water partition coefficient (Wildman–Crippen LogP) is 2.68. The van der Waals surface area contributed by atoms with Crippen molar-refractivity contribution >= 4 is 17.7 Å². The summed E-state index contributed by atoms with van der Waals surface area (Å²) < 4.78 is 21.2. The molecular formula is C20H20N2O7. The number of rotatable bonds is 8. The Kier molecular flexibility index (Phi) is 6.64. The van der Waals surface area contributed by atoms with Crippen molar-refractivity contribution in [1.82, 2.24) is 5.32 Å². The van der Waals surface area contributed by atoms with Gasteiger partial charge in [0.15, 0.2) is 6.79 Å². The minimum absolute atomic E-state index is 0.0561. The second-order valence-electron chi connectivity index (χ2n) is 6.04. The molecule has 0 unspecified atom stereocenters. The number of hydrogen-bond donors (Lipinski definition) is 1. The summed E-state index contributed by atoms with van der Waals surface area (Å²) in [6.45, 7) is 0.860. The first-order valence-electron chi connectivity index (χ1n) is 8.81. The molecule has 3 rings (SSSR count). The molecule has 0 spiro atoms. The molecule has 0 aliphatic carbocycles. The normalized spacial score (nSPS) is 12.7. The number of fused-ring (bicyclic) bond motifs is 1. The summed E-state index contributed by atoms with van der Waals surface area (Å²) >= 11 is 0. The molecule has 0 radical (unpaired) electrons. The Labute approximate surface area is 167 Å². The van der Waals surface area contributed by atoms with Gasteiger partial charge in [0.25, 0.3) is 5.69 Å². The van der Waals surface area contributed by atoms with Crippen molar-refractivity contribution in [3.05, 3.63) is 63.7 Å². The van der Waals surface area contributed by atoms with E-state index in [9.17, 15) is 14.9 Å². The van der Waals surface area contributed by atoms with Gasteiger partial charge in [0.05, 0.1) is 25.2 Å². The van der Waals surface area contributed by atoms with E-state index in [1.54, 1.807) is 31.4 Å². The molecule has 1 heterocycles. The van der Waals surface area contributed by atoms with E-state index in [2.05, 4.69) is 5.32 Å². The Hall–Kier alpha value is -3.59. The Morgan fingerprint density at radius 2 is 2.03 bits per heavy atom. The maximum absolute atomic E-state index is 12.0. The molecule has 0 fully saturated rings. The van der Waals surface area contributed by atoms with Crippen molar-refractivity contribution < 1.29 is 28.7 Å². The topological polar surface area (TPSA) is 109 Å². The van der Waals surface area contributed by atoms with Gasteiger partial charge in [-0.15, -0.1) is 0 Å². The van der Waals surface area contributed by atoms with Crippen molar-refractivity contribution in [2.24, 2.45) is 0 Å². The number of nitrogens with one attached hydrogen (secondary N) is 1. The predicted molar refractivity (Wildman–Crippen MR) is 104 cm³/mol. The standard InChI is InChI=1S/C20H20N2O7/c1-26-17-3-5-18(6-4-17)28-9-8-21-19(23)7-2-14-10-16(22(24)25)11-15-12-27-13-29-20(14)15/h2-7,10-11H,8-9,12-13H2,1H3,(H,21,23)/b7-2+. The highest BCUT2D eigenvalue weighted by molar-refractivity contribution is 5.92. The molecule has 152 valence electrons. The Balaban J connectivity index is 1.54. The van der Waals surface area contributed by atoms with Crippen LogP contribution in [0.1, 0.15) is 11.1 Å². The molecule has 0 aromatic heterocycles. The first-order chi connectivity index (χ1) is 14.1. The average molecular weight is 400 g/mol. The van der Waals surface area contributed by atoms with Gasteiger partial charge >= 0.3 is 0 Å². The number of non-ortho nitro benzene ring substituents is 1. The van der Waals surface area contributed by atoms with Crippen LogP contribution in [0.3, 0.4) is 0 Å². The average Bonchev–Trinajstić information content (AvgIpc) is 2.75. The number of methoxy groups -OCH3 is 1. The van der Waals surface area contributed by atoms with Gasteiger partial charge in [0.2, 0.25) is 5.91 Å². The maximum Gasteiger partial charge on any atom is 0.270 e. The zero-order valence-corrected chi connectivity index (χ0v) is 15.8. The molecule has 1 aliphatic heterocycles. The molecule has 0 saturated carbocycles. The van der Waals surface area contributed by atoms with E-state index < -0.39 is 4.92 Å². The quantitative estimate of drug-likeness (QED) is 0.314. The van der Waals surface area contributed by atoms with E-state index in [1.165, 1.54) is 24.3 Å². The van der Waals surface area contributed by atoms with Gasteiger partial charge in [-0.2, -0.15) is 0 Å². The van der Waals surface area contributed by atoms with Gasteiger partial charge in [-0.3, -0.25) is 14.9 Å². The number of ether oxygens (including phenoxy) is 4. The fourth-order valence-electron chi connectivity index (χ4n) is 2.70. The molecule has 2 aromatic carbocycles. The molecule has 9 nitrogen and oxygen atoms in total. The summed E-state index contributed by atoms with van der Waals surface area (Å²) in [4.78, 5) is 22.6. The highest BCUT2D eigenvalue weighted by Gasteiger charge is 2.19. The number of carbonyl (C=O) groups is 1. The number of nitro benzene ring substituents is 1. The second-order valence-corrected chi connectivity index (χ2v) is 6.04. The van der Waals surface area contributed by atoms with Gasteiger partial charge in [-0.25, -0.2) is 0 Å². The van der Waals surface area contributed by atoms with Gasteiger partial charge in [-0.1, -0.05) is 0 Å². The van der Waals surface area contributed by atoms with Gasteiger partial charge in [-0.05, 0) is 30.3 Å². The fraction of sp³-hybridized carbons (Fsp3) is 0.250. The van der Waals surface area contributed by atoms with E-state index in [4.69, 9.17) is 18.9 Å². The summed E-state index contributed by atoms with van der Waals surface area (Å²) in [5, 5.41) is 13.8. The molecule has 0 atom stereocenters. The molecule has 29 heavy (non-hydrogen) atoms. The van der Waals surface area contributed by atoms with Crippen LogP contribution in [-0.4, -0.2) is 37.9 Å². The van der Waals surface area contributed by atoms with Gasteiger partial charge < -0.3 is 24.3 Å². The third-order valence-electron chi connectivity index (χ3n) is 4.08. The Bertz CT molecular complexity index is 910. The Morgan fingerprint density at radius 1 is 1.28 bits per heavy atom.